The van der Waals surface area contributed by atoms with Crippen molar-refractivity contribution in [1.29, 1.82) is 0 Å². The maximum absolute atomic E-state index is 10.1. The van der Waals surface area contributed by atoms with Crippen molar-refractivity contribution in [3.63, 3.8) is 0 Å². The number of aliphatic hydroxyl groups excluding tert-OH is 2. The van der Waals surface area contributed by atoms with Gasteiger partial charge in [0.05, 0.1) is 24.3 Å². The molecule has 1 saturated heterocycles. The molecule has 0 spiro atoms. The lowest BCUT2D eigenvalue weighted by molar-refractivity contribution is -0.102. The minimum absolute atomic E-state index is 0.285. The van der Waals surface area contributed by atoms with Crippen LogP contribution in [-0.4, -0.2) is 53.8 Å². The third-order valence-corrected chi connectivity index (χ3v) is 4.62. The predicted molar refractivity (Wildman–Crippen MR) is 78.9 cm³/mol. The van der Waals surface area contributed by atoms with Crippen molar-refractivity contribution < 1.29 is 14.9 Å². The number of aryl methyl sites for hydroxylation is 1. The number of nitrogens with zero attached hydrogens (tertiary/aromatic N) is 4. The van der Waals surface area contributed by atoms with Gasteiger partial charge in [0, 0.05) is 0 Å². The molecule has 0 aliphatic carbocycles. The molecule has 1 fully saturated rings. The zero-order valence-corrected chi connectivity index (χ0v) is 12.5. The minimum Gasteiger partial charge on any atom is -0.394 e. The summed E-state index contributed by atoms with van der Waals surface area (Å²) in [6.07, 6.45) is -0.0820. The van der Waals surface area contributed by atoms with Gasteiger partial charge in [-0.1, -0.05) is 0 Å². The first-order valence-corrected chi connectivity index (χ1v) is 7.02. The average molecular weight is 311 g/mol. The molecule has 1 aliphatic rings. The lowest BCUT2D eigenvalue weighted by Crippen LogP contribution is -2.39. The summed E-state index contributed by atoms with van der Waals surface area (Å²) in [6, 6.07) is 0. The van der Waals surface area contributed by atoms with Crippen molar-refractivity contribution in [2.24, 2.45) is 0 Å². The van der Waals surface area contributed by atoms with E-state index in [2.05, 4.69) is 27.6 Å². The molecule has 0 amide bonds. The molecule has 1 aliphatic heterocycles. The standard InChI is InChI=1S/C12H17N5O3S/c1-5-15-10(13)7-11(16-5)17(4-14-7)12(2)9(21)8(19)6(3-18)20-12/h4,6,8-9,18-19,21H,3H2,1-2H3,(H2,13,15,16)/t6-,8-,9-,12-/m1/s1. The maximum Gasteiger partial charge on any atom is 0.168 e. The Labute approximate surface area is 126 Å². The van der Waals surface area contributed by atoms with Gasteiger partial charge in [-0.25, -0.2) is 15.0 Å². The van der Waals surface area contributed by atoms with Gasteiger partial charge in [-0.2, -0.15) is 12.6 Å². The topological polar surface area (TPSA) is 119 Å². The van der Waals surface area contributed by atoms with Crippen molar-refractivity contribution >= 4 is 29.6 Å². The molecule has 0 saturated carbocycles. The molecule has 21 heavy (non-hydrogen) atoms. The van der Waals surface area contributed by atoms with E-state index in [1.165, 1.54) is 6.33 Å². The summed E-state index contributed by atoms with van der Waals surface area (Å²) in [6.45, 7) is 3.20. The molecule has 0 radical (unpaired) electrons. The first-order valence-electron chi connectivity index (χ1n) is 6.51. The fourth-order valence-corrected chi connectivity index (χ4v) is 3.05. The van der Waals surface area contributed by atoms with E-state index in [0.717, 1.165) is 0 Å². The van der Waals surface area contributed by atoms with E-state index in [1.54, 1.807) is 18.4 Å². The van der Waals surface area contributed by atoms with Crippen LogP contribution >= 0.6 is 12.6 Å². The molecule has 8 nitrogen and oxygen atoms in total. The average Bonchev–Trinajstić information content (AvgIpc) is 2.95. The van der Waals surface area contributed by atoms with Crippen LogP contribution in [0.5, 0.6) is 0 Å². The molecule has 2 aromatic rings. The fourth-order valence-electron chi connectivity index (χ4n) is 2.67. The van der Waals surface area contributed by atoms with Gasteiger partial charge in [0.15, 0.2) is 17.2 Å². The number of fused-ring (bicyclic) bond motifs is 1. The molecule has 0 unspecified atom stereocenters. The third kappa shape index (κ3) is 2.00. The van der Waals surface area contributed by atoms with Crippen molar-refractivity contribution in [1.82, 2.24) is 19.5 Å². The van der Waals surface area contributed by atoms with E-state index in [9.17, 15) is 10.2 Å². The number of aliphatic hydroxyl groups is 2. The largest absolute Gasteiger partial charge is 0.394 e. The Hall–Kier alpha value is -1.42. The van der Waals surface area contributed by atoms with Crippen molar-refractivity contribution in [3.05, 3.63) is 12.2 Å². The predicted octanol–water partition coefficient (Wildman–Crippen LogP) is -0.560. The summed E-state index contributed by atoms with van der Waals surface area (Å²) in [5.41, 5.74) is 5.82. The van der Waals surface area contributed by atoms with Gasteiger partial charge in [-0.05, 0) is 13.8 Å². The lowest BCUT2D eigenvalue weighted by Gasteiger charge is -2.30. The number of ether oxygens (including phenoxy) is 1. The highest BCUT2D eigenvalue weighted by Crippen LogP contribution is 2.40. The number of nitrogens with two attached hydrogens (primary N) is 1. The Morgan fingerprint density at radius 1 is 1.52 bits per heavy atom. The highest BCUT2D eigenvalue weighted by molar-refractivity contribution is 7.81. The van der Waals surface area contributed by atoms with Crippen LogP contribution in [0.3, 0.4) is 0 Å². The monoisotopic (exact) mass is 311 g/mol. The highest BCUT2D eigenvalue weighted by atomic mass is 32.1. The Kier molecular flexibility index (Phi) is 3.32. The summed E-state index contributed by atoms with van der Waals surface area (Å²) in [5, 5.41) is 18.9. The summed E-state index contributed by atoms with van der Waals surface area (Å²) >= 11 is 4.44. The van der Waals surface area contributed by atoms with Gasteiger partial charge < -0.3 is 20.7 Å². The molecule has 4 N–H and O–H groups in total. The first-order chi connectivity index (χ1) is 9.88. The van der Waals surface area contributed by atoms with Crippen LogP contribution in [0.25, 0.3) is 11.2 Å². The summed E-state index contributed by atoms with van der Waals surface area (Å²) in [5.74, 6) is 0.797. The van der Waals surface area contributed by atoms with E-state index < -0.39 is 23.2 Å². The van der Waals surface area contributed by atoms with Crippen molar-refractivity contribution in [3.8, 4) is 0 Å². The molecule has 9 heteroatoms. The number of nitrogen functional groups attached to an aromatic ring is 1. The second-order valence-electron chi connectivity index (χ2n) is 5.27. The fraction of sp³-hybridized carbons (Fsp3) is 0.583. The number of hydrogen-bond donors (Lipinski definition) is 4. The van der Waals surface area contributed by atoms with Crippen molar-refractivity contribution in [2.45, 2.75) is 37.0 Å². The van der Waals surface area contributed by atoms with E-state index in [-0.39, 0.29) is 12.4 Å². The van der Waals surface area contributed by atoms with Crippen LogP contribution in [0.4, 0.5) is 5.82 Å². The van der Waals surface area contributed by atoms with Gasteiger partial charge in [-0.15, -0.1) is 0 Å². The normalized spacial score (nSPS) is 32.9. The van der Waals surface area contributed by atoms with Crippen molar-refractivity contribution in [2.75, 3.05) is 12.3 Å². The molecule has 114 valence electrons. The van der Waals surface area contributed by atoms with Crippen LogP contribution < -0.4 is 5.73 Å². The minimum atomic E-state index is -1.00. The van der Waals surface area contributed by atoms with E-state index in [0.29, 0.717) is 17.0 Å². The van der Waals surface area contributed by atoms with Crippen LogP contribution in [0.15, 0.2) is 6.33 Å². The second kappa shape index (κ2) is 4.80. The van der Waals surface area contributed by atoms with Gasteiger partial charge in [0.1, 0.15) is 17.4 Å². The summed E-state index contributed by atoms with van der Waals surface area (Å²) in [7, 11) is 0. The zero-order valence-electron chi connectivity index (χ0n) is 11.6. The molecular weight excluding hydrogens is 294 g/mol. The number of anilines is 1. The molecule has 4 atom stereocenters. The number of aromatic nitrogens is 4. The van der Waals surface area contributed by atoms with Gasteiger partial charge in [0.2, 0.25) is 0 Å². The molecule has 0 aromatic carbocycles. The smallest absolute Gasteiger partial charge is 0.168 e. The molecule has 3 heterocycles. The Morgan fingerprint density at radius 2 is 2.24 bits per heavy atom. The quantitative estimate of drug-likeness (QED) is 0.549. The highest BCUT2D eigenvalue weighted by Gasteiger charge is 2.51. The Balaban J connectivity index is 2.16. The SMILES string of the molecule is Cc1nc(N)c2ncn([C@]3(C)O[C@H](CO)[C@@H](O)[C@H]3S)c2n1. The van der Waals surface area contributed by atoms with E-state index >= 15 is 0 Å². The summed E-state index contributed by atoms with van der Waals surface area (Å²) in [4.78, 5) is 12.6. The molecule has 3 rings (SSSR count). The lowest BCUT2D eigenvalue weighted by atomic mass is 10.1. The number of thiol groups is 1. The van der Waals surface area contributed by atoms with Gasteiger partial charge >= 0.3 is 0 Å². The second-order valence-corrected chi connectivity index (χ2v) is 5.83. The number of rotatable bonds is 2. The molecular formula is C12H17N5O3S. The van der Waals surface area contributed by atoms with Crippen LogP contribution in [-0.2, 0) is 10.5 Å². The van der Waals surface area contributed by atoms with Crippen LogP contribution in [0.2, 0.25) is 0 Å². The molecule has 2 aromatic heterocycles. The van der Waals surface area contributed by atoms with Gasteiger partial charge in [0.25, 0.3) is 0 Å². The Bertz CT molecular complexity index is 693. The van der Waals surface area contributed by atoms with Gasteiger partial charge in [-0.3, -0.25) is 4.57 Å². The van der Waals surface area contributed by atoms with Crippen LogP contribution in [0.1, 0.15) is 12.7 Å². The molecule has 0 bridgehead atoms. The first kappa shape index (κ1) is 14.5. The van der Waals surface area contributed by atoms with Crippen LogP contribution in [0, 0.1) is 6.92 Å². The van der Waals surface area contributed by atoms with E-state index in [1.807, 2.05) is 0 Å². The van der Waals surface area contributed by atoms with E-state index in [4.69, 9.17) is 10.5 Å². The number of hydrogen-bond acceptors (Lipinski definition) is 8. The maximum atomic E-state index is 10.1. The third-order valence-electron chi connectivity index (χ3n) is 3.84. The zero-order chi connectivity index (χ0) is 15.4. The summed E-state index contributed by atoms with van der Waals surface area (Å²) < 4.78 is 7.47. The Morgan fingerprint density at radius 3 is 2.86 bits per heavy atom. The number of imidazole rings is 1.